The van der Waals surface area contributed by atoms with Gasteiger partial charge in [-0.15, -0.1) is 0 Å². The van der Waals surface area contributed by atoms with Gasteiger partial charge < -0.3 is 4.74 Å². The van der Waals surface area contributed by atoms with Gasteiger partial charge in [0.05, 0.1) is 17.0 Å². The van der Waals surface area contributed by atoms with Gasteiger partial charge in [0.2, 0.25) is 0 Å². The SMILES string of the molecule is CC(C(=O)OCc1ccccc1)c1ccc2c3cc(Cl)ccc3n(C(=O)c3ccc(F)cc3)c2c1. The molecule has 6 heteroatoms. The van der Waals surface area contributed by atoms with Crippen molar-refractivity contribution in [3.05, 3.63) is 119 Å². The minimum atomic E-state index is -0.543. The van der Waals surface area contributed by atoms with E-state index in [1.54, 1.807) is 23.6 Å². The smallest absolute Gasteiger partial charge is 0.313 e. The van der Waals surface area contributed by atoms with Gasteiger partial charge in [-0.25, -0.2) is 4.39 Å². The molecule has 1 unspecified atom stereocenters. The number of halogens is 2. The van der Waals surface area contributed by atoms with E-state index >= 15 is 0 Å². The molecule has 0 fully saturated rings. The average Bonchev–Trinajstić information content (AvgIpc) is 3.20. The molecule has 0 bridgehead atoms. The summed E-state index contributed by atoms with van der Waals surface area (Å²) in [6.07, 6.45) is 0. The van der Waals surface area contributed by atoms with E-state index in [9.17, 15) is 14.0 Å². The molecule has 4 nitrogen and oxygen atoms in total. The summed E-state index contributed by atoms with van der Waals surface area (Å²) >= 11 is 6.25. The normalized spacial score (nSPS) is 12.1. The van der Waals surface area contributed by atoms with Crippen LogP contribution in [-0.4, -0.2) is 16.4 Å². The molecule has 174 valence electrons. The van der Waals surface area contributed by atoms with E-state index in [0.717, 1.165) is 21.9 Å². The minimum Gasteiger partial charge on any atom is -0.460 e. The number of rotatable bonds is 5. The Hall–Kier alpha value is -3.96. The Morgan fingerprint density at radius 1 is 0.886 bits per heavy atom. The van der Waals surface area contributed by atoms with Crippen molar-refractivity contribution in [1.29, 1.82) is 0 Å². The molecule has 0 radical (unpaired) electrons. The number of hydrogen-bond donors (Lipinski definition) is 0. The van der Waals surface area contributed by atoms with Crippen molar-refractivity contribution in [2.24, 2.45) is 0 Å². The lowest BCUT2D eigenvalue weighted by Crippen LogP contribution is -2.14. The van der Waals surface area contributed by atoms with Gasteiger partial charge in [0, 0.05) is 21.4 Å². The van der Waals surface area contributed by atoms with Crippen LogP contribution in [0.25, 0.3) is 21.8 Å². The Labute approximate surface area is 206 Å². The van der Waals surface area contributed by atoms with Gasteiger partial charge in [-0.3, -0.25) is 14.2 Å². The molecule has 0 saturated carbocycles. The Kier molecular flexibility index (Phi) is 6.10. The van der Waals surface area contributed by atoms with Crippen LogP contribution in [0.3, 0.4) is 0 Å². The topological polar surface area (TPSA) is 48.3 Å². The molecular weight excluding hydrogens is 465 g/mol. The molecule has 5 rings (SSSR count). The second-order valence-corrected chi connectivity index (χ2v) is 8.84. The zero-order chi connectivity index (χ0) is 24.5. The first-order chi connectivity index (χ1) is 16.9. The van der Waals surface area contributed by atoms with Crippen molar-refractivity contribution in [2.45, 2.75) is 19.4 Å². The maximum atomic E-state index is 13.5. The zero-order valence-corrected chi connectivity index (χ0v) is 19.6. The molecule has 0 N–H and O–H groups in total. The average molecular weight is 486 g/mol. The van der Waals surface area contributed by atoms with Crippen molar-refractivity contribution in [3.63, 3.8) is 0 Å². The number of ether oxygens (including phenoxy) is 1. The monoisotopic (exact) mass is 485 g/mol. The standard InChI is InChI=1S/C29H21ClFNO3/c1-18(29(34)35-17-19-5-3-2-4-6-19)21-9-13-24-25-16-22(30)10-14-26(25)32(27(24)15-21)28(33)20-7-11-23(31)12-8-20/h2-16,18H,17H2,1H3. The second kappa shape index (κ2) is 9.35. The van der Waals surface area contributed by atoms with E-state index in [4.69, 9.17) is 16.3 Å². The lowest BCUT2D eigenvalue weighted by Gasteiger charge is -2.13. The predicted octanol–water partition coefficient (Wildman–Crippen LogP) is 7.12. The molecule has 1 aromatic heterocycles. The van der Waals surface area contributed by atoms with Crippen LogP contribution in [0.1, 0.15) is 34.3 Å². The number of fused-ring (bicyclic) bond motifs is 3. The molecule has 1 atom stereocenters. The second-order valence-electron chi connectivity index (χ2n) is 8.40. The Morgan fingerprint density at radius 3 is 2.37 bits per heavy atom. The number of nitrogens with zero attached hydrogens (tertiary/aromatic N) is 1. The summed E-state index contributed by atoms with van der Waals surface area (Å²) in [5, 5.41) is 2.19. The molecule has 0 aliphatic rings. The Morgan fingerprint density at radius 2 is 1.63 bits per heavy atom. The summed E-state index contributed by atoms with van der Waals surface area (Å²) < 4.78 is 20.6. The highest BCUT2D eigenvalue weighted by molar-refractivity contribution is 6.32. The van der Waals surface area contributed by atoms with Crippen molar-refractivity contribution in [1.82, 2.24) is 4.57 Å². The van der Waals surface area contributed by atoms with E-state index in [1.807, 2.05) is 54.6 Å². The third-order valence-electron chi connectivity index (χ3n) is 6.12. The van der Waals surface area contributed by atoms with Gasteiger partial charge in [-0.1, -0.05) is 54.1 Å². The van der Waals surface area contributed by atoms with Crippen molar-refractivity contribution < 1.29 is 18.7 Å². The van der Waals surface area contributed by atoms with Gasteiger partial charge in [-0.05, 0) is 66.6 Å². The van der Waals surface area contributed by atoms with E-state index in [2.05, 4.69) is 0 Å². The molecule has 35 heavy (non-hydrogen) atoms. The molecule has 0 aliphatic heterocycles. The van der Waals surface area contributed by atoms with E-state index in [0.29, 0.717) is 21.6 Å². The minimum absolute atomic E-state index is 0.189. The maximum absolute atomic E-state index is 13.5. The number of aromatic nitrogens is 1. The fourth-order valence-electron chi connectivity index (χ4n) is 4.21. The number of benzene rings is 4. The van der Waals surface area contributed by atoms with Crippen LogP contribution in [0, 0.1) is 5.82 Å². The lowest BCUT2D eigenvalue weighted by molar-refractivity contribution is -0.146. The van der Waals surface area contributed by atoms with E-state index < -0.39 is 11.7 Å². The van der Waals surface area contributed by atoms with Crippen LogP contribution in [0.5, 0.6) is 0 Å². The van der Waals surface area contributed by atoms with Crippen molar-refractivity contribution in [2.75, 3.05) is 0 Å². The summed E-state index contributed by atoms with van der Waals surface area (Å²) in [5.41, 5.74) is 3.29. The van der Waals surface area contributed by atoms with Crippen LogP contribution in [0.4, 0.5) is 4.39 Å². The molecule has 0 amide bonds. The summed E-state index contributed by atoms with van der Waals surface area (Å²) in [7, 11) is 0. The van der Waals surface area contributed by atoms with Crippen LogP contribution < -0.4 is 0 Å². The van der Waals surface area contributed by atoms with Gasteiger partial charge >= 0.3 is 5.97 Å². The van der Waals surface area contributed by atoms with Gasteiger partial charge in [0.15, 0.2) is 0 Å². The summed E-state index contributed by atoms with van der Waals surface area (Å²) in [5.74, 6) is -1.62. The van der Waals surface area contributed by atoms with Gasteiger partial charge in [0.25, 0.3) is 5.91 Å². The van der Waals surface area contributed by atoms with Crippen LogP contribution in [-0.2, 0) is 16.1 Å². The predicted molar refractivity (Wildman–Crippen MR) is 135 cm³/mol. The first-order valence-corrected chi connectivity index (χ1v) is 11.5. The molecule has 0 spiro atoms. The van der Waals surface area contributed by atoms with Crippen LogP contribution in [0.2, 0.25) is 5.02 Å². The van der Waals surface area contributed by atoms with E-state index in [1.165, 1.54) is 24.3 Å². The van der Waals surface area contributed by atoms with Gasteiger partial charge in [-0.2, -0.15) is 0 Å². The largest absolute Gasteiger partial charge is 0.460 e. The first kappa shape index (κ1) is 22.8. The number of carbonyl (C=O) groups excluding carboxylic acids is 2. The van der Waals surface area contributed by atoms with E-state index in [-0.39, 0.29) is 18.5 Å². The molecular formula is C29H21ClFNO3. The Balaban J connectivity index is 1.56. The van der Waals surface area contributed by atoms with Crippen molar-refractivity contribution >= 4 is 45.3 Å². The third-order valence-corrected chi connectivity index (χ3v) is 6.36. The zero-order valence-electron chi connectivity index (χ0n) is 18.9. The maximum Gasteiger partial charge on any atom is 0.313 e. The van der Waals surface area contributed by atoms with Crippen molar-refractivity contribution in [3.8, 4) is 0 Å². The number of carbonyl (C=O) groups is 2. The quantitative estimate of drug-likeness (QED) is 0.249. The highest BCUT2D eigenvalue weighted by Gasteiger charge is 2.22. The molecule has 0 aliphatic carbocycles. The van der Waals surface area contributed by atoms with Crippen LogP contribution >= 0.6 is 11.6 Å². The molecule has 4 aromatic carbocycles. The number of esters is 1. The lowest BCUT2D eigenvalue weighted by atomic mass is 9.99. The highest BCUT2D eigenvalue weighted by atomic mass is 35.5. The molecule has 5 aromatic rings. The third kappa shape index (κ3) is 4.43. The highest BCUT2D eigenvalue weighted by Crippen LogP contribution is 2.34. The summed E-state index contributed by atoms with van der Waals surface area (Å²) in [4.78, 5) is 26.3. The fraction of sp³-hybridized carbons (Fsp3) is 0.103. The molecule has 0 saturated heterocycles. The molecule has 1 heterocycles. The summed E-state index contributed by atoms with van der Waals surface area (Å²) in [6.45, 7) is 1.97. The first-order valence-electron chi connectivity index (χ1n) is 11.2. The Bertz CT molecular complexity index is 1560. The van der Waals surface area contributed by atoms with Crippen LogP contribution in [0.15, 0.2) is 91.0 Å². The van der Waals surface area contributed by atoms with Gasteiger partial charge in [0.1, 0.15) is 12.4 Å². The summed E-state index contributed by atoms with van der Waals surface area (Å²) in [6, 6.07) is 25.8. The fourth-order valence-corrected chi connectivity index (χ4v) is 4.38. The number of hydrogen-bond acceptors (Lipinski definition) is 3.